The van der Waals surface area contributed by atoms with Crippen molar-refractivity contribution >= 4 is 56.4 Å². The lowest BCUT2D eigenvalue weighted by atomic mass is 10.1. The molecule has 1 aliphatic heterocycles. The number of thioether (sulfide) groups is 1. The van der Waals surface area contributed by atoms with Crippen molar-refractivity contribution in [3.63, 3.8) is 0 Å². The molecule has 1 N–H and O–H groups in total. The molecule has 3 nitrogen and oxygen atoms in total. The van der Waals surface area contributed by atoms with Crippen LogP contribution in [0.4, 0.5) is 10.1 Å². The SMILES string of the molecule is Cc1ccc(CN2CCSCC2)cc1NC(=O)c1sc2cc(F)ccc2c1Cl. The van der Waals surface area contributed by atoms with Gasteiger partial charge in [0, 0.05) is 46.9 Å². The summed E-state index contributed by atoms with van der Waals surface area (Å²) in [6.45, 7) is 5.04. The number of nitrogens with one attached hydrogen (secondary N) is 1. The third-order valence-corrected chi connectivity index (χ3v) is 7.46. The van der Waals surface area contributed by atoms with E-state index in [0.717, 1.165) is 30.9 Å². The lowest BCUT2D eigenvalue weighted by molar-refractivity contribution is 0.103. The van der Waals surface area contributed by atoms with E-state index in [9.17, 15) is 9.18 Å². The molecule has 1 fully saturated rings. The van der Waals surface area contributed by atoms with E-state index in [1.54, 1.807) is 6.07 Å². The van der Waals surface area contributed by atoms with E-state index in [1.165, 1.54) is 40.5 Å². The highest BCUT2D eigenvalue weighted by Gasteiger charge is 2.19. The molecule has 0 saturated carbocycles. The number of halogens is 2. The number of aryl methyl sites for hydroxylation is 1. The van der Waals surface area contributed by atoms with Gasteiger partial charge in [-0.3, -0.25) is 9.69 Å². The Labute approximate surface area is 176 Å². The quantitative estimate of drug-likeness (QED) is 0.562. The molecule has 146 valence electrons. The summed E-state index contributed by atoms with van der Waals surface area (Å²) in [6.07, 6.45) is 0. The molecular weight excluding hydrogens is 415 g/mol. The maximum absolute atomic E-state index is 13.5. The van der Waals surface area contributed by atoms with Crippen LogP contribution >= 0.6 is 34.7 Å². The van der Waals surface area contributed by atoms with Crippen LogP contribution in [0.25, 0.3) is 10.1 Å². The summed E-state index contributed by atoms with van der Waals surface area (Å²) < 4.78 is 14.1. The van der Waals surface area contributed by atoms with Crippen molar-refractivity contribution in [1.29, 1.82) is 0 Å². The largest absolute Gasteiger partial charge is 0.321 e. The summed E-state index contributed by atoms with van der Waals surface area (Å²) in [4.78, 5) is 15.7. The Bertz CT molecular complexity index is 1030. The minimum atomic E-state index is -0.336. The molecule has 0 bridgehead atoms. The van der Waals surface area contributed by atoms with Gasteiger partial charge in [0.25, 0.3) is 5.91 Å². The van der Waals surface area contributed by atoms with Gasteiger partial charge in [-0.15, -0.1) is 11.3 Å². The standard InChI is InChI=1S/C21H20ClFN2OS2/c1-13-2-3-14(12-25-6-8-27-9-7-25)10-17(13)24-21(26)20-19(22)16-5-4-15(23)11-18(16)28-20/h2-5,10-11H,6-9,12H2,1H3,(H,24,26). The van der Waals surface area contributed by atoms with E-state index < -0.39 is 0 Å². The smallest absolute Gasteiger partial charge is 0.267 e. The molecule has 3 aromatic rings. The first-order valence-corrected chi connectivity index (χ1v) is 11.4. The Morgan fingerprint density at radius 1 is 1.21 bits per heavy atom. The van der Waals surface area contributed by atoms with Gasteiger partial charge in [-0.05, 0) is 42.3 Å². The fourth-order valence-electron chi connectivity index (χ4n) is 3.28. The van der Waals surface area contributed by atoms with Crippen molar-refractivity contribution in [2.24, 2.45) is 0 Å². The molecule has 0 atom stereocenters. The van der Waals surface area contributed by atoms with Gasteiger partial charge in [0.15, 0.2) is 0 Å². The van der Waals surface area contributed by atoms with Crippen molar-refractivity contribution in [3.05, 3.63) is 63.2 Å². The number of fused-ring (bicyclic) bond motifs is 1. The van der Waals surface area contributed by atoms with Gasteiger partial charge in [-0.25, -0.2) is 4.39 Å². The maximum Gasteiger partial charge on any atom is 0.267 e. The molecule has 1 aromatic heterocycles. The zero-order valence-electron chi connectivity index (χ0n) is 15.4. The van der Waals surface area contributed by atoms with Crippen LogP contribution in [0.5, 0.6) is 0 Å². The van der Waals surface area contributed by atoms with E-state index in [1.807, 2.05) is 30.8 Å². The number of hydrogen-bond donors (Lipinski definition) is 1. The lowest BCUT2D eigenvalue weighted by Crippen LogP contribution is -2.32. The number of carbonyl (C=O) groups is 1. The highest BCUT2D eigenvalue weighted by atomic mass is 35.5. The molecule has 1 aliphatic rings. The number of amides is 1. The number of carbonyl (C=O) groups excluding carboxylic acids is 1. The number of anilines is 1. The zero-order valence-corrected chi connectivity index (χ0v) is 17.8. The van der Waals surface area contributed by atoms with Crippen LogP contribution in [0.3, 0.4) is 0 Å². The summed E-state index contributed by atoms with van der Waals surface area (Å²) >= 11 is 9.59. The monoisotopic (exact) mass is 434 g/mol. The van der Waals surface area contributed by atoms with Crippen LogP contribution in [0.1, 0.15) is 20.8 Å². The molecule has 28 heavy (non-hydrogen) atoms. The third kappa shape index (κ3) is 4.20. The average Bonchev–Trinajstić information content (AvgIpc) is 3.01. The van der Waals surface area contributed by atoms with Crippen LogP contribution in [0, 0.1) is 12.7 Å². The van der Waals surface area contributed by atoms with E-state index in [-0.39, 0.29) is 11.7 Å². The fraction of sp³-hybridized carbons (Fsp3) is 0.286. The molecule has 2 heterocycles. The van der Waals surface area contributed by atoms with Gasteiger partial charge in [-0.1, -0.05) is 23.7 Å². The summed E-state index contributed by atoms with van der Waals surface area (Å²) in [5, 5.41) is 4.06. The molecule has 1 amide bonds. The summed E-state index contributed by atoms with van der Waals surface area (Å²) in [6, 6.07) is 10.6. The predicted octanol–water partition coefficient (Wildman–Crippen LogP) is 5.80. The highest BCUT2D eigenvalue weighted by molar-refractivity contribution is 7.99. The molecule has 0 spiro atoms. The van der Waals surface area contributed by atoms with Crippen molar-refractivity contribution in [2.75, 3.05) is 29.9 Å². The van der Waals surface area contributed by atoms with Crippen molar-refractivity contribution in [1.82, 2.24) is 4.90 Å². The highest BCUT2D eigenvalue weighted by Crippen LogP contribution is 2.36. The number of hydrogen-bond acceptors (Lipinski definition) is 4. The number of thiophene rings is 1. The van der Waals surface area contributed by atoms with Gasteiger partial charge in [0.1, 0.15) is 10.7 Å². The van der Waals surface area contributed by atoms with Gasteiger partial charge in [0.2, 0.25) is 0 Å². The second-order valence-electron chi connectivity index (χ2n) is 6.88. The summed E-state index contributed by atoms with van der Waals surface area (Å²) in [5.41, 5.74) is 2.96. The number of rotatable bonds is 4. The molecule has 0 aliphatic carbocycles. The molecule has 1 saturated heterocycles. The Morgan fingerprint density at radius 3 is 2.79 bits per heavy atom. The average molecular weight is 435 g/mol. The summed E-state index contributed by atoms with van der Waals surface area (Å²) in [5.74, 6) is 1.74. The second kappa shape index (κ2) is 8.41. The maximum atomic E-state index is 13.5. The fourth-order valence-corrected chi connectivity index (χ4v) is 5.70. The van der Waals surface area contributed by atoms with Crippen LogP contribution in [-0.2, 0) is 6.54 Å². The first-order valence-electron chi connectivity index (χ1n) is 9.10. The molecule has 4 rings (SSSR count). The third-order valence-electron chi connectivity index (χ3n) is 4.86. The van der Waals surface area contributed by atoms with Crippen LogP contribution in [-0.4, -0.2) is 35.4 Å². The minimum Gasteiger partial charge on any atom is -0.321 e. The Kier molecular flexibility index (Phi) is 5.92. The molecule has 7 heteroatoms. The Balaban J connectivity index is 1.55. The van der Waals surface area contributed by atoms with Crippen LogP contribution in [0.2, 0.25) is 5.02 Å². The molecule has 0 unspecified atom stereocenters. The van der Waals surface area contributed by atoms with E-state index in [4.69, 9.17) is 11.6 Å². The van der Waals surface area contributed by atoms with Gasteiger partial charge in [0.05, 0.1) is 5.02 Å². The van der Waals surface area contributed by atoms with Crippen molar-refractivity contribution < 1.29 is 9.18 Å². The number of benzene rings is 2. The first-order chi connectivity index (χ1) is 13.5. The van der Waals surface area contributed by atoms with E-state index in [2.05, 4.69) is 16.3 Å². The van der Waals surface area contributed by atoms with Crippen molar-refractivity contribution in [2.45, 2.75) is 13.5 Å². The van der Waals surface area contributed by atoms with Gasteiger partial charge >= 0.3 is 0 Å². The van der Waals surface area contributed by atoms with Crippen molar-refractivity contribution in [3.8, 4) is 0 Å². The Morgan fingerprint density at radius 2 is 2.00 bits per heavy atom. The molecule has 0 radical (unpaired) electrons. The number of nitrogens with zero attached hydrogens (tertiary/aromatic N) is 1. The zero-order chi connectivity index (χ0) is 19.7. The Hall–Kier alpha value is -1.60. The predicted molar refractivity (Wildman–Crippen MR) is 119 cm³/mol. The molecular formula is C21H20ClFN2OS2. The molecule has 2 aromatic carbocycles. The summed E-state index contributed by atoms with van der Waals surface area (Å²) in [7, 11) is 0. The van der Waals surface area contributed by atoms with Gasteiger partial charge in [-0.2, -0.15) is 11.8 Å². The topological polar surface area (TPSA) is 32.3 Å². The second-order valence-corrected chi connectivity index (χ2v) is 9.53. The van der Waals surface area contributed by atoms with Gasteiger partial charge < -0.3 is 5.32 Å². The minimum absolute atomic E-state index is 0.263. The van der Waals surface area contributed by atoms with E-state index >= 15 is 0 Å². The lowest BCUT2D eigenvalue weighted by Gasteiger charge is -2.26. The van der Waals surface area contributed by atoms with Crippen LogP contribution < -0.4 is 5.32 Å². The van der Waals surface area contributed by atoms with Crippen LogP contribution in [0.15, 0.2) is 36.4 Å². The normalized spacial score (nSPS) is 15.1. The van der Waals surface area contributed by atoms with E-state index in [0.29, 0.717) is 20.0 Å². The first kappa shape index (κ1) is 19.7.